The number of aromatic carboxylic acids is 1. The molecule has 0 saturated heterocycles. The van der Waals surface area contributed by atoms with E-state index in [1.54, 1.807) is 20.8 Å². The Hall–Kier alpha value is -2.31. The molecule has 1 rings (SSSR count). The minimum absolute atomic E-state index is 0.00254. The Morgan fingerprint density at radius 2 is 1.90 bits per heavy atom. The number of H-pyrrole nitrogens is 1. The van der Waals surface area contributed by atoms with Crippen LogP contribution in [-0.2, 0) is 4.79 Å². The van der Waals surface area contributed by atoms with E-state index in [-0.39, 0.29) is 24.1 Å². The summed E-state index contributed by atoms with van der Waals surface area (Å²) in [5.74, 6) is -1.75. The molecule has 110 valence electrons. The second-order valence-corrected chi connectivity index (χ2v) is 4.54. The van der Waals surface area contributed by atoms with Crippen LogP contribution in [0.2, 0.25) is 0 Å². The third kappa shape index (κ3) is 3.17. The Morgan fingerprint density at radius 1 is 1.30 bits per heavy atom. The predicted molar refractivity (Wildman–Crippen MR) is 72.9 cm³/mol. The molecule has 0 atom stereocenters. The van der Waals surface area contributed by atoms with Crippen molar-refractivity contribution in [2.24, 2.45) is 0 Å². The maximum Gasteiger partial charge on any atom is 0.352 e. The van der Waals surface area contributed by atoms with Gasteiger partial charge in [0.05, 0.1) is 12.1 Å². The van der Waals surface area contributed by atoms with Crippen molar-refractivity contribution >= 4 is 17.8 Å². The molecule has 0 aliphatic rings. The first kappa shape index (κ1) is 15.7. The van der Waals surface area contributed by atoms with Gasteiger partial charge in [-0.3, -0.25) is 9.59 Å². The Bertz CT molecular complexity index is 548. The number of carboxylic acid groups (broad SMARTS) is 1. The molecule has 20 heavy (non-hydrogen) atoms. The molecule has 0 bridgehead atoms. The van der Waals surface area contributed by atoms with Gasteiger partial charge in [-0.15, -0.1) is 0 Å². The van der Waals surface area contributed by atoms with Crippen LogP contribution in [-0.4, -0.2) is 52.9 Å². The van der Waals surface area contributed by atoms with Gasteiger partial charge in [0.15, 0.2) is 0 Å². The minimum atomic E-state index is -1.11. The fourth-order valence-electron chi connectivity index (χ4n) is 2.02. The van der Waals surface area contributed by atoms with Gasteiger partial charge < -0.3 is 20.3 Å². The normalized spacial score (nSPS) is 10.2. The van der Waals surface area contributed by atoms with Gasteiger partial charge in [0.2, 0.25) is 5.91 Å². The zero-order chi connectivity index (χ0) is 15.4. The van der Waals surface area contributed by atoms with E-state index in [1.807, 2.05) is 0 Å². The smallest absolute Gasteiger partial charge is 0.352 e. The number of amides is 2. The predicted octanol–water partition coefficient (Wildman–Crippen LogP) is 0.538. The van der Waals surface area contributed by atoms with Crippen molar-refractivity contribution in [3.8, 4) is 0 Å². The summed E-state index contributed by atoms with van der Waals surface area (Å²) < 4.78 is 0. The SMILES string of the molecule is CCNC(=O)CN(C)C(=O)c1c(C)[nH]c(C(=O)O)c1C. The fourth-order valence-corrected chi connectivity index (χ4v) is 2.02. The van der Waals surface area contributed by atoms with Crippen molar-refractivity contribution in [2.45, 2.75) is 20.8 Å². The van der Waals surface area contributed by atoms with Crippen molar-refractivity contribution in [1.82, 2.24) is 15.2 Å². The van der Waals surface area contributed by atoms with Crippen LogP contribution in [0.1, 0.15) is 39.0 Å². The molecule has 2 amide bonds. The largest absolute Gasteiger partial charge is 0.477 e. The average molecular weight is 281 g/mol. The molecule has 0 aliphatic carbocycles. The zero-order valence-electron chi connectivity index (χ0n) is 12.0. The molecule has 1 heterocycles. The number of nitrogens with one attached hydrogen (secondary N) is 2. The molecule has 0 unspecified atom stereocenters. The van der Waals surface area contributed by atoms with Crippen LogP contribution in [0.4, 0.5) is 0 Å². The Kier molecular flexibility index (Phi) is 4.90. The number of aromatic amines is 1. The number of carbonyl (C=O) groups is 3. The first-order valence-corrected chi connectivity index (χ1v) is 6.24. The van der Waals surface area contributed by atoms with Gasteiger partial charge in [0.1, 0.15) is 5.69 Å². The number of rotatable bonds is 5. The summed E-state index contributed by atoms with van der Waals surface area (Å²) in [5.41, 5.74) is 1.15. The van der Waals surface area contributed by atoms with Gasteiger partial charge in [0.25, 0.3) is 5.91 Å². The topological polar surface area (TPSA) is 103 Å². The number of aryl methyl sites for hydroxylation is 1. The Balaban J connectivity index is 2.98. The summed E-state index contributed by atoms with van der Waals surface area (Å²) in [4.78, 5) is 38.7. The van der Waals surface area contributed by atoms with E-state index >= 15 is 0 Å². The maximum atomic E-state index is 12.3. The molecule has 0 aromatic carbocycles. The third-order valence-corrected chi connectivity index (χ3v) is 2.97. The lowest BCUT2D eigenvalue weighted by atomic mass is 10.1. The average Bonchev–Trinajstić information content (AvgIpc) is 2.64. The molecular weight excluding hydrogens is 262 g/mol. The van der Waals surface area contributed by atoms with Crippen LogP contribution in [0.5, 0.6) is 0 Å². The second kappa shape index (κ2) is 6.23. The molecule has 1 aromatic rings. The fraction of sp³-hybridized carbons (Fsp3) is 0.462. The zero-order valence-corrected chi connectivity index (χ0v) is 12.0. The molecule has 3 N–H and O–H groups in total. The number of likely N-dealkylation sites (N-methyl/N-ethyl adjacent to an activating group) is 2. The standard InChI is InChI=1S/C13H19N3O4/c1-5-14-9(17)6-16(4)12(18)10-7(2)11(13(19)20)15-8(10)3/h15H,5-6H2,1-4H3,(H,14,17)(H,19,20). The third-order valence-electron chi connectivity index (χ3n) is 2.97. The van der Waals surface area contributed by atoms with E-state index < -0.39 is 5.97 Å². The molecular formula is C13H19N3O4. The van der Waals surface area contributed by atoms with Crippen molar-refractivity contribution in [1.29, 1.82) is 0 Å². The molecule has 0 spiro atoms. The highest BCUT2D eigenvalue weighted by molar-refractivity contribution is 6.01. The van der Waals surface area contributed by atoms with Gasteiger partial charge in [0, 0.05) is 19.3 Å². The van der Waals surface area contributed by atoms with Crippen LogP contribution < -0.4 is 5.32 Å². The monoisotopic (exact) mass is 281 g/mol. The van der Waals surface area contributed by atoms with Gasteiger partial charge >= 0.3 is 5.97 Å². The summed E-state index contributed by atoms with van der Waals surface area (Å²) in [7, 11) is 1.50. The lowest BCUT2D eigenvalue weighted by molar-refractivity contribution is -0.121. The van der Waals surface area contributed by atoms with Crippen LogP contribution in [0, 0.1) is 13.8 Å². The summed E-state index contributed by atoms with van der Waals surface area (Å²) in [6.45, 7) is 5.41. The lowest BCUT2D eigenvalue weighted by Gasteiger charge is -2.17. The molecule has 0 radical (unpaired) electrons. The van der Waals surface area contributed by atoms with E-state index in [0.717, 1.165) is 0 Å². The summed E-state index contributed by atoms with van der Waals surface area (Å²) >= 11 is 0. The molecule has 0 saturated carbocycles. The molecule has 7 nitrogen and oxygen atoms in total. The van der Waals surface area contributed by atoms with Gasteiger partial charge in [-0.2, -0.15) is 0 Å². The number of hydrogen-bond donors (Lipinski definition) is 3. The quantitative estimate of drug-likeness (QED) is 0.732. The Labute approximate surface area is 117 Å². The number of carboxylic acids is 1. The summed E-state index contributed by atoms with van der Waals surface area (Å²) in [6.07, 6.45) is 0. The number of hydrogen-bond acceptors (Lipinski definition) is 3. The molecule has 0 aliphatic heterocycles. The molecule has 0 fully saturated rings. The van der Waals surface area contributed by atoms with E-state index in [4.69, 9.17) is 5.11 Å². The van der Waals surface area contributed by atoms with Crippen LogP contribution in [0.15, 0.2) is 0 Å². The molecule has 1 aromatic heterocycles. The van der Waals surface area contributed by atoms with E-state index in [9.17, 15) is 14.4 Å². The highest BCUT2D eigenvalue weighted by atomic mass is 16.4. The van der Waals surface area contributed by atoms with Crippen molar-refractivity contribution in [3.63, 3.8) is 0 Å². The summed E-state index contributed by atoms with van der Waals surface area (Å²) in [5, 5.41) is 11.6. The highest BCUT2D eigenvalue weighted by Gasteiger charge is 2.24. The van der Waals surface area contributed by atoms with Crippen LogP contribution >= 0.6 is 0 Å². The minimum Gasteiger partial charge on any atom is -0.477 e. The lowest BCUT2D eigenvalue weighted by Crippen LogP contribution is -2.38. The first-order valence-electron chi connectivity index (χ1n) is 6.24. The second-order valence-electron chi connectivity index (χ2n) is 4.54. The number of nitrogens with zero attached hydrogens (tertiary/aromatic N) is 1. The van der Waals surface area contributed by atoms with Gasteiger partial charge in [-0.1, -0.05) is 0 Å². The number of aromatic nitrogens is 1. The van der Waals surface area contributed by atoms with E-state index in [1.165, 1.54) is 11.9 Å². The van der Waals surface area contributed by atoms with Crippen molar-refractivity contribution < 1.29 is 19.5 Å². The van der Waals surface area contributed by atoms with Crippen LogP contribution in [0.25, 0.3) is 0 Å². The van der Waals surface area contributed by atoms with Crippen molar-refractivity contribution in [2.75, 3.05) is 20.1 Å². The Morgan fingerprint density at radius 3 is 2.35 bits per heavy atom. The van der Waals surface area contributed by atoms with Gasteiger partial charge in [-0.25, -0.2) is 4.79 Å². The van der Waals surface area contributed by atoms with E-state index in [2.05, 4.69) is 10.3 Å². The van der Waals surface area contributed by atoms with Crippen LogP contribution in [0.3, 0.4) is 0 Å². The van der Waals surface area contributed by atoms with Crippen molar-refractivity contribution in [3.05, 3.63) is 22.5 Å². The highest BCUT2D eigenvalue weighted by Crippen LogP contribution is 2.19. The molecule has 7 heteroatoms. The first-order chi connectivity index (χ1) is 9.29. The summed E-state index contributed by atoms with van der Waals surface area (Å²) in [6, 6.07) is 0. The van der Waals surface area contributed by atoms with Gasteiger partial charge in [-0.05, 0) is 26.3 Å². The van der Waals surface area contributed by atoms with E-state index in [0.29, 0.717) is 23.4 Å². The number of carbonyl (C=O) groups excluding carboxylic acids is 2. The maximum absolute atomic E-state index is 12.3.